The molecule has 1 rings (SSSR count). The van der Waals surface area contributed by atoms with Crippen LogP contribution in [-0.4, -0.2) is 18.5 Å². The Kier molecular flexibility index (Phi) is 4.32. The van der Waals surface area contributed by atoms with Crippen molar-refractivity contribution in [3.05, 3.63) is 17.5 Å². The van der Waals surface area contributed by atoms with Gasteiger partial charge in [0.05, 0.1) is 19.6 Å². The van der Waals surface area contributed by atoms with Crippen LogP contribution in [0.1, 0.15) is 11.3 Å². The van der Waals surface area contributed by atoms with Gasteiger partial charge in [0.1, 0.15) is 0 Å². The normalized spacial score (nSPS) is 11.9. The number of hydrogen-bond acceptors (Lipinski definition) is 4. The molecule has 0 bridgehead atoms. The lowest BCUT2D eigenvalue weighted by Gasteiger charge is -2.18. The van der Waals surface area contributed by atoms with Gasteiger partial charge in [0, 0.05) is 11.8 Å². The molecular weight excluding hydrogens is 294 g/mol. The molecule has 10 heteroatoms. The van der Waals surface area contributed by atoms with E-state index in [1.165, 1.54) is 6.07 Å². The topological polar surface area (TPSA) is 55.1 Å². The summed E-state index contributed by atoms with van der Waals surface area (Å²) in [6.07, 6.45) is -10.4. The highest BCUT2D eigenvalue weighted by molar-refractivity contribution is 5.50. The van der Waals surface area contributed by atoms with Crippen molar-refractivity contribution in [2.75, 3.05) is 7.11 Å². The smallest absolute Gasteiger partial charge is 0.491 e. The lowest BCUT2D eigenvalue weighted by Crippen LogP contribution is -2.20. The average molecular weight is 300 g/mol. The second kappa shape index (κ2) is 5.44. The molecule has 1 aromatic rings. The second-order valence-electron chi connectivity index (χ2n) is 3.37. The molecule has 1 heterocycles. The number of nitrogens with zero attached hydrogens (tertiary/aromatic N) is 2. The van der Waals surface area contributed by atoms with Crippen LogP contribution < -0.4 is 9.47 Å². The number of alkyl halides is 6. The predicted molar refractivity (Wildman–Crippen MR) is 51.8 cm³/mol. The third-order valence-electron chi connectivity index (χ3n) is 2.02. The Morgan fingerprint density at radius 1 is 1.20 bits per heavy atom. The summed E-state index contributed by atoms with van der Waals surface area (Å²) in [6.45, 7) is 0. The standard InChI is InChI=1S/C10H6F6N2O2/c1-19-7-6(20-10(14,15)16)5(2-3-17)4-18-8(7)9(11,12)13/h4H,2H2,1H3. The fourth-order valence-corrected chi connectivity index (χ4v) is 1.34. The number of ether oxygens (including phenoxy) is 2. The maximum atomic E-state index is 12.6. The Balaban J connectivity index is 3.51. The summed E-state index contributed by atoms with van der Waals surface area (Å²) in [5.74, 6) is -2.44. The van der Waals surface area contributed by atoms with Crippen molar-refractivity contribution in [2.24, 2.45) is 0 Å². The molecule has 0 amide bonds. The molecule has 0 aliphatic heterocycles. The molecule has 0 spiro atoms. The first-order chi connectivity index (χ1) is 9.10. The fourth-order valence-electron chi connectivity index (χ4n) is 1.34. The summed E-state index contributed by atoms with van der Waals surface area (Å²) in [7, 11) is 0.742. The van der Waals surface area contributed by atoms with E-state index in [0.29, 0.717) is 6.20 Å². The highest BCUT2D eigenvalue weighted by atomic mass is 19.4. The van der Waals surface area contributed by atoms with Crippen LogP contribution in [0.4, 0.5) is 26.3 Å². The van der Waals surface area contributed by atoms with Crippen molar-refractivity contribution < 1.29 is 35.8 Å². The van der Waals surface area contributed by atoms with Gasteiger partial charge in [-0.15, -0.1) is 13.2 Å². The number of hydrogen-bond donors (Lipinski definition) is 0. The fraction of sp³-hybridized carbons (Fsp3) is 0.400. The van der Waals surface area contributed by atoms with E-state index in [0.717, 1.165) is 7.11 Å². The van der Waals surface area contributed by atoms with Gasteiger partial charge in [-0.1, -0.05) is 0 Å². The minimum atomic E-state index is -5.23. The molecular formula is C10H6F6N2O2. The Labute approximate surface area is 108 Å². The predicted octanol–water partition coefficient (Wildman–Crippen LogP) is 3.07. The van der Waals surface area contributed by atoms with Crippen LogP contribution in [0, 0.1) is 11.3 Å². The molecule has 0 unspecified atom stereocenters. The molecule has 20 heavy (non-hydrogen) atoms. The van der Waals surface area contributed by atoms with Crippen molar-refractivity contribution in [1.82, 2.24) is 4.98 Å². The first kappa shape index (κ1) is 15.9. The molecule has 0 saturated heterocycles. The summed E-state index contributed by atoms with van der Waals surface area (Å²) >= 11 is 0. The molecule has 110 valence electrons. The molecule has 0 N–H and O–H groups in total. The van der Waals surface area contributed by atoms with Gasteiger partial charge >= 0.3 is 12.5 Å². The molecule has 1 aromatic heterocycles. The van der Waals surface area contributed by atoms with E-state index in [1.54, 1.807) is 0 Å². The van der Waals surface area contributed by atoms with Crippen LogP contribution >= 0.6 is 0 Å². The van der Waals surface area contributed by atoms with Gasteiger partial charge in [0.2, 0.25) is 0 Å². The maximum Gasteiger partial charge on any atom is 0.573 e. The highest BCUT2D eigenvalue weighted by Gasteiger charge is 2.41. The average Bonchev–Trinajstić information content (AvgIpc) is 2.27. The van der Waals surface area contributed by atoms with Crippen LogP contribution in [0.3, 0.4) is 0 Å². The lowest BCUT2D eigenvalue weighted by atomic mass is 10.1. The van der Waals surface area contributed by atoms with Crippen molar-refractivity contribution in [3.8, 4) is 17.6 Å². The van der Waals surface area contributed by atoms with Crippen LogP contribution in [0.15, 0.2) is 6.20 Å². The summed E-state index contributed by atoms with van der Waals surface area (Å²) in [5, 5.41) is 8.46. The summed E-state index contributed by atoms with van der Waals surface area (Å²) in [6, 6.07) is 1.50. The number of nitriles is 1. The molecule has 0 fully saturated rings. The summed E-state index contributed by atoms with van der Waals surface area (Å²) in [4.78, 5) is 2.98. The second-order valence-corrected chi connectivity index (χ2v) is 3.37. The minimum Gasteiger partial charge on any atom is -0.491 e. The monoisotopic (exact) mass is 300 g/mol. The van der Waals surface area contributed by atoms with Gasteiger partial charge in [0.25, 0.3) is 0 Å². The van der Waals surface area contributed by atoms with Crippen LogP contribution in [0.5, 0.6) is 11.5 Å². The van der Waals surface area contributed by atoms with Gasteiger partial charge in [-0.05, 0) is 0 Å². The maximum absolute atomic E-state index is 12.6. The molecule has 0 aromatic carbocycles. The number of halogens is 6. The zero-order chi connectivity index (χ0) is 15.6. The van der Waals surface area contributed by atoms with Crippen molar-refractivity contribution >= 4 is 0 Å². The zero-order valence-electron chi connectivity index (χ0n) is 9.76. The number of pyridine rings is 1. The highest BCUT2D eigenvalue weighted by Crippen LogP contribution is 2.43. The first-order valence-electron chi connectivity index (χ1n) is 4.86. The quantitative estimate of drug-likeness (QED) is 0.805. The van der Waals surface area contributed by atoms with Crippen molar-refractivity contribution in [1.29, 1.82) is 5.26 Å². The lowest BCUT2D eigenvalue weighted by molar-refractivity contribution is -0.275. The zero-order valence-corrected chi connectivity index (χ0v) is 9.76. The molecule has 0 aliphatic carbocycles. The minimum absolute atomic E-state index is 0.463. The number of rotatable bonds is 3. The van der Waals surface area contributed by atoms with Crippen LogP contribution in [-0.2, 0) is 12.6 Å². The molecule has 0 saturated carbocycles. The van der Waals surface area contributed by atoms with Gasteiger partial charge in [-0.25, -0.2) is 4.98 Å². The Hall–Kier alpha value is -2.18. The van der Waals surface area contributed by atoms with Crippen LogP contribution in [0.2, 0.25) is 0 Å². The number of aromatic nitrogens is 1. The molecule has 0 aliphatic rings. The van der Waals surface area contributed by atoms with Gasteiger partial charge < -0.3 is 9.47 Å². The van der Waals surface area contributed by atoms with Crippen LogP contribution in [0.25, 0.3) is 0 Å². The largest absolute Gasteiger partial charge is 0.573 e. The first-order valence-corrected chi connectivity index (χ1v) is 4.86. The van der Waals surface area contributed by atoms with Crippen molar-refractivity contribution in [2.45, 2.75) is 19.0 Å². The van der Waals surface area contributed by atoms with E-state index in [9.17, 15) is 26.3 Å². The van der Waals surface area contributed by atoms with E-state index in [1.807, 2.05) is 0 Å². The third-order valence-corrected chi connectivity index (χ3v) is 2.02. The Bertz CT molecular complexity index is 532. The van der Waals surface area contributed by atoms with E-state index in [-0.39, 0.29) is 0 Å². The SMILES string of the molecule is COc1c(C(F)(F)F)ncc(CC#N)c1OC(F)(F)F. The molecule has 0 radical (unpaired) electrons. The van der Waals surface area contributed by atoms with Crippen molar-refractivity contribution in [3.63, 3.8) is 0 Å². The Morgan fingerprint density at radius 3 is 2.20 bits per heavy atom. The van der Waals surface area contributed by atoms with E-state index in [2.05, 4.69) is 14.5 Å². The van der Waals surface area contributed by atoms with E-state index >= 15 is 0 Å². The number of methoxy groups -OCH3 is 1. The van der Waals surface area contributed by atoms with Gasteiger partial charge in [0.15, 0.2) is 17.2 Å². The summed E-state index contributed by atoms with van der Waals surface area (Å²) < 4.78 is 82.4. The third kappa shape index (κ3) is 3.66. The van der Waals surface area contributed by atoms with E-state index in [4.69, 9.17) is 5.26 Å². The molecule has 0 atom stereocenters. The Morgan fingerprint density at radius 2 is 1.80 bits per heavy atom. The molecule has 4 nitrogen and oxygen atoms in total. The summed E-state index contributed by atoms with van der Waals surface area (Å²) in [5.41, 5.74) is -2.13. The van der Waals surface area contributed by atoms with Gasteiger partial charge in [-0.2, -0.15) is 18.4 Å². The van der Waals surface area contributed by atoms with E-state index < -0.39 is 41.7 Å². The van der Waals surface area contributed by atoms with Gasteiger partial charge in [-0.3, -0.25) is 0 Å².